The van der Waals surface area contributed by atoms with E-state index < -0.39 is 0 Å². The molecule has 130 valence electrons. The molecule has 25 heavy (non-hydrogen) atoms. The van der Waals surface area contributed by atoms with Gasteiger partial charge in [0.05, 0.1) is 15.8 Å². The molecule has 0 unspecified atom stereocenters. The molecule has 2 aromatic carbocycles. The van der Waals surface area contributed by atoms with Gasteiger partial charge >= 0.3 is 0 Å². The smallest absolute Gasteiger partial charge is 0.258 e. The second kappa shape index (κ2) is 8.62. The van der Waals surface area contributed by atoms with Gasteiger partial charge in [0.2, 0.25) is 0 Å². The van der Waals surface area contributed by atoms with Crippen molar-refractivity contribution in [3.8, 4) is 0 Å². The SMILES string of the molecule is CCCCc1ccc2nc(NC(=O)c3cc(I)cc(I)c3Br)sc2c1. The second-order valence-electron chi connectivity index (χ2n) is 5.63. The molecule has 0 aliphatic rings. The molecule has 0 aliphatic heterocycles. The van der Waals surface area contributed by atoms with Gasteiger partial charge in [0.15, 0.2) is 5.13 Å². The highest BCUT2D eigenvalue weighted by Crippen LogP contribution is 2.30. The summed E-state index contributed by atoms with van der Waals surface area (Å²) in [4.78, 5) is 17.2. The Morgan fingerprint density at radius 1 is 1.28 bits per heavy atom. The standard InChI is InChI=1S/C18H15BrI2N2OS/c1-2-3-4-10-5-6-14-15(7-10)25-18(22-14)23-17(24)12-8-11(20)9-13(21)16(12)19/h5-9H,2-4H2,1H3,(H,22,23,24). The van der Waals surface area contributed by atoms with E-state index in [9.17, 15) is 4.79 Å². The molecule has 1 aromatic heterocycles. The molecule has 0 fully saturated rings. The molecular weight excluding hydrogens is 626 g/mol. The quantitative estimate of drug-likeness (QED) is 0.245. The van der Waals surface area contributed by atoms with Gasteiger partial charge < -0.3 is 0 Å². The summed E-state index contributed by atoms with van der Waals surface area (Å²) in [5, 5.41) is 3.57. The normalized spacial score (nSPS) is 11.0. The van der Waals surface area contributed by atoms with Crippen LogP contribution in [0.2, 0.25) is 0 Å². The highest BCUT2D eigenvalue weighted by atomic mass is 127. The Hall–Kier alpha value is -0.260. The van der Waals surface area contributed by atoms with E-state index in [1.165, 1.54) is 29.7 Å². The van der Waals surface area contributed by atoms with Crippen LogP contribution in [0.25, 0.3) is 10.2 Å². The van der Waals surface area contributed by atoms with Gasteiger partial charge in [0.25, 0.3) is 5.91 Å². The van der Waals surface area contributed by atoms with Crippen LogP contribution in [-0.4, -0.2) is 10.9 Å². The van der Waals surface area contributed by atoms with Crippen LogP contribution in [0.3, 0.4) is 0 Å². The molecule has 7 heteroatoms. The van der Waals surface area contributed by atoms with E-state index in [1.807, 2.05) is 18.2 Å². The number of nitrogens with zero attached hydrogens (tertiary/aromatic N) is 1. The third kappa shape index (κ3) is 4.72. The molecule has 1 N–H and O–H groups in total. The Morgan fingerprint density at radius 2 is 2.08 bits per heavy atom. The van der Waals surface area contributed by atoms with Crippen LogP contribution in [0.1, 0.15) is 35.7 Å². The van der Waals surface area contributed by atoms with E-state index in [4.69, 9.17) is 0 Å². The highest BCUT2D eigenvalue weighted by Gasteiger charge is 2.16. The average molecular weight is 641 g/mol. The highest BCUT2D eigenvalue weighted by molar-refractivity contribution is 14.1. The summed E-state index contributed by atoms with van der Waals surface area (Å²) in [5.41, 5.74) is 2.88. The van der Waals surface area contributed by atoms with Gasteiger partial charge in [-0.05, 0) is 104 Å². The summed E-state index contributed by atoms with van der Waals surface area (Å²) in [6, 6.07) is 10.2. The minimum Gasteiger partial charge on any atom is -0.298 e. The lowest BCUT2D eigenvalue weighted by molar-refractivity contribution is 0.102. The van der Waals surface area contributed by atoms with E-state index in [2.05, 4.69) is 90.5 Å². The van der Waals surface area contributed by atoms with Crippen molar-refractivity contribution in [3.05, 3.63) is 53.1 Å². The third-order valence-electron chi connectivity index (χ3n) is 3.73. The molecular formula is C18H15BrI2N2OS. The maximum Gasteiger partial charge on any atom is 0.258 e. The van der Waals surface area contributed by atoms with E-state index in [-0.39, 0.29) is 5.91 Å². The lowest BCUT2D eigenvalue weighted by Gasteiger charge is -2.07. The monoisotopic (exact) mass is 640 g/mol. The van der Waals surface area contributed by atoms with Gasteiger partial charge in [0.1, 0.15) is 0 Å². The van der Waals surface area contributed by atoms with Crippen LogP contribution < -0.4 is 5.32 Å². The van der Waals surface area contributed by atoms with Gasteiger partial charge in [-0.15, -0.1) is 0 Å². The maximum absolute atomic E-state index is 12.6. The summed E-state index contributed by atoms with van der Waals surface area (Å²) in [5.74, 6) is -0.145. The summed E-state index contributed by atoms with van der Waals surface area (Å²) in [6.45, 7) is 2.20. The molecule has 0 aliphatic carbocycles. The fraction of sp³-hybridized carbons (Fsp3) is 0.222. The van der Waals surface area contributed by atoms with Crippen LogP contribution in [-0.2, 0) is 6.42 Å². The lowest BCUT2D eigenvalue weighted by Crippen LogP contribution is -2.13. The number of aryl methyl sites for hydroxylation is 1. The molecule has 0 spiro atoms. The molecule has 3 aromatic rings. The fourth-order valence-electron chi connectivity index (χ4n) is 2.44. The number of halogens is 3. The first-order valence-electron chi connectivity index (χ1n) is 7.83. The van der Waals surface area contributed by atoms with Gasteiger partial charge in [0, 0.05) is 11.6 Å². The Morgan fingerprint density at radius 3 is 2.84 bits per heavy atom. The average Bonchev–Trinajstić information content (AvgIpc) is 2.97. The van der Waals surface area contributed by atoms with Gasteiger partial charge in [-0.1, -0.05) is 30.7 Å². The Balaban J connectivity index is 1.84. The minimum atomic E-state index is -0.145. The van der Waals surface area contributed by atoms with Crippen LogP contribution in [0.4, 0.5) is 5.13 Å². The van der Waals surface area contributed by atoms with Gasteiger partial charge in [-0.25, -0.2) is 4.98 Å². The number of fused-ring (bicyclic) bond motifs is 1. The third-order valence-corrected chi connectivity index (χ3v) is 7.73. The number of unbranched alkanes of at least 4 members (excludes halogenated alkanes) is 1. The number of aromatic nitrogens is 1. The first-order chi connectivity index (χ1) is 12.0. The number of carbonyl (C=O) groups excluding carboxylic acids is 1. The second-order valence-corrected chi connectivity index (χ2v) is 9.86. The first kappa shape index (κ1) is 19.5. The number of carbonyl (C=O) groups is 1. The predicted octanol–water partition coefficient (Wildman–Crippen LogP) is 6.86. The summed E-state index contributed by atoms with van der Waals surface area (Å²) in [7, 11) is 0. The van der Waals surface area contributed by atoms with Crippen LogP contribution in [0.5, 0.6) is 0 Å². The van der Waals surface area contributed by atoms with Crippen molar-refractivity contribution in [2.75, 3.05) is 5.32 Å². The number of amides is 1. The molecule has 0 saturated carbocycles. The van der Waals surface area contributed by atoms with E-state index in [1.54, 1.807) is 0 Å². The zero-order chi connectivity index (χ0) is 18.0. The van der Waals surface area contributed by atoms with Crippen molar-refractivity contribution < 1.29 is 4.79 Å². The Bertz CT molecular complexity index is 942. The van der Waals surface area contributed by atoms with Crippen molar-refractivity contribution in [1.82, 2.24) is 4.98 Å². The minimum absolute atomic E-state index is 0.145. The van der Waals surface area contributed by atoms with Crippen molar-refractivity contribution >= 4 is 93.7 Å². The van der Waals surface area contributed by atoms with Crippen LogP contribution >= 0.6 is 72.4 Å². The fourth-order valence-corrected chi connectivity index (χ4v) is 5.62. The molecule has 0 bridgehead atoms. The molecule has 1 amide bonds. The molecule has 3 rings (SSSR count). The largest absolute Gasteiger partial charge is 0.298 e. The first-order valence-corrected chi connectivity index (χ1v) is 11.6. The van der Waals surface area contributed by atoms with Gasteiger partial charge in [-0.2, -0.15) is 0 Å². The summed E-state index contributed by atoms with van der Waals surface area (Å²) < 4.78 is 3.97. The number of rotatable bonds is 5. The summed E-state index contributed by atoms with van der Waals surface area (Å²) >= 11 is 9.47. The molecule has 1 heterocycles. The van der Waals surface area contributed by atoms with Crippen molar-refractivity contribution in [1.29, 1.82) is 0 Å². The summed E-state index contributed by atoms with van der Waals surface area (Å²) in [6.07, 6.45) is 3.46. The number of hydrogen-bond donors (Lipinski definition) is 1. The number of nitrogens with one attached hydrogen (secondary N) is 1. The van der Waals surface area contributed by atoms with Crippen molar-refractivity contribution in [3.63, 3.8) is 0 Å². The predicted molar refractivity (Wildman–Crippen MR) is 126 cm³/mol. The number of benzene rings is 2. The number of thiazole rings is 1. The zero-order valence-corrected chi connectivity index (χ0v) is 20.1. The topological polar surface area (TPSA) is 42.0 Å². The Labute approximate surface area is 186 Å². The van der Waals surface area contributed by atoms with E-state index in [0.29, 0.717) is 10.7 Å². The van der Waals surface area contributed by atoms with Crippen molar-refractivity contribution in [2.45, 2.75) is 26.2 Å². The molecule has 0 atom stereocenters. The number of anilines is 1. The van der Waals surface area contributed by atoms with Crippen LogP contribution in [0.15, 0.2) is 34.8 Å². The molecule has 0 saturated heterocycles. The Kier molecular flexibility index (Phi) is 6.72. The maximum atomic E-state index is 12.6. The number of hydrogen-bond acceptors (Lipinski definition) is 3. The van der Waals surface area contributed by atoms with Crippen molar-refractivity contribution in [2.24, 2.45) is 0 Å². The van der Waals surface area contributed by atoms with E-state index in [0.717, 1.165) is 28.3 Å². The van der Waals surface area contributed by atoms with Crippen LogP contribution in [0, 0.1) is 7.14 Å². The lowest BCUT2D eigenvalue weighted by atomic mass is 10.1. The zero-order valence-electron chi connectivity index (χ0n) is 13.4. The molecule has 3 nitrogen and oxygen atoms in total. The van der Waals surface area contributed by atoms with Gasteiger partial charge in [-0.3, -0.25) is 10.1 Å². The van der Waals surface area contributed by atoms with E-state index >= 15 is 0 Å². The molecule has 0 radical (unpaired) electrons.